The van der Waals surface area contributed by atoms with Crippen molar-refractivity contribution in [3.63, 3.8) is 0 Å². The zero-order chi connectivity index (χ0) is 23.8. The zero-order valence-electron chi connectivity index (χ0n) is 17.6. The summed E-state index contributed by atoms with van der Waals surface area (Å²) < 4.78 is 44.4. The van der Waals surface area contributed by atoms with Gasteiger partial charge in [0.15, 0.2) is 0 Å². The quantitative estimate of drug-likeness (QED) is 0.542. The predicted molar refractivity (Wildman–Crippen MR) is 115 cm³/mol. The summed E-state index contributed by atoms with van der Waals surface area (Å²) in [5, 5.41) is 8.96. The fourth-order valence-corrected chi connectivity index (χ4v) is 3.85. The topological polar surface area (TPSA) is 66.8 Å². The summed E-state index contributed by atoms with van der Waals surface area (Å²) in [5.74, 6) is -0.613. The first-order chi connectivity index (χ1) is 15.6. The molecule has 0 spiro atoms. The normalized spacial score (nSPS) is 13.2. The predicted octanol–water partition coefficient (Wildman–Crippen LogP) is 5.38. The molecule has 1 aliphatic heterocycles. The number of carbonyl (C=O) groups excluding carboxylic acids is 1. The zero-order valence-corrected chi connectivity index (χ0v) is 17.6. The van der Waals surface area contributed by atoms with Crippen molar-refractivity contribution in [2.24, 2.45) is 0 Å². The van der Waals surface area contributed by atoms with Crippen molar-refractivity contribution in [2.75, 3.05) is 4.90 Å². The van der Waals surface area contributed by atoms with Crippen LogP contribution >= 0.6 is 0 Å². The smallest absolute Gasteiger partial charge is 0.416 e. The molecule has 1 N–H and O–H groups in total. The molecule has 0 saturated carbocycles. The van der Waals surface area contributed by atoms with Crippen LogP contribution in [0.1, 0.15) is 38.2 Å². The fourth-order valence-electron chi connectivity index (χ4n) is 3.85. The second-order valence-corrected chi connectivity index (χ2v) is 7.83. The molecule has 0 unspecified atom stereocenters. The minimum absolute atomic E-state index is 0.0692. The van der Waals surface area contributed by atoms with E-state index in [0.29, 0.717) is 22.6 Å². The number of carbonyl (C=O) groups is 2. The van der Waals surface area contributed by atoms with Crippen molar-refractivity contribution in [1.29, 1.82) is 0 Å². The van der Waals surface area contributed by atoms with E-state index in [0.717, 1.165) is 28.8 Å². The average Bonchev–Trinajstić information content (AvgIpc) is 3.10. The maximum atomic E-state index is 12.9. The average molecular weight is 455 g/mol. The van der Waals surface area contributed by atoms with Crippen molar-refractivity contribution in [3.8, 4) is 5.75 Å². The van der Waals surface area contributed by atoms with Gasteiger partial charge in [0.2, 0.25) is 0 Å². The molecule has 1 aliphatic rings. The summed E-state index contributed by atoms with van der Waals surface area (Å²) in [7, 11) is 0. The van der Waals surface area contributed by atoms with Gasteiger partial charge in [0.05, 0.1) is 18.5 Å². The Morgan fingerprint density at radius 2 is 1.79 bits per heavy atom. The van der Waals surface area contributed by atoms with Crippen molar-refractivity contribution in [1.82, 2.24) is 0 Å². The number of fused-ring (bicyclic) bond motifs is 1. The van der Waals surface area contributed by atoms with Gasteiger partial charge in [-0.3, -0.25) is 9.59 Å². The molecule has 0 atom stereocenters. The standard InChI is InChI=1S/C25H20F3NO4/c1-15-11-20(10-5-16(15)12-23(30)31)33-14-17-3-2-4-21-22(17)13-29(24(21)32)19-8-6-18(7-9-19)25(26,27)28/h2-11H,12-14H2,1H3,(H,30,31). The lowest BCUT2D eigenvalue weighted by atomic mass is 10.0. The number of aliphatic carboxylic acids is 1. The molecular weight excluding hydrogens is 435 g/mol. The molecule has 5 nitrogen and oxygen atoms in total. The summed E-state index contributed by atoms with van der Waals surface area (Å²) in [6.45, 7) is 2.23. The van der Waals surface area contributed by atoms with E-state index in [1.54, 1.807) is 30.3 Å². The molecule has 1 heterocycles. The molecular formula is C25H20F3NO4. The number of anilines is 1. The van der Waals surface area contributed by atoms with E-state index >= 15 is 0 Å². The monoisotopic (exact) mass is 455 g/mol. The summed E-state index contributed by atoms with van der Waals surface area (Å²) in [4.78, 5) is 25.3. The summed E-state index contributed by atoms with van der Waals surface area (Å²) >= 11 is 0. The van der Waals surface area contributed by atoms with Crippen LogP contribution in [0, 0.1) is 6.92 Å². The molecule has 0 aromatic heterocycles. The number of hydrogen-bond donors (Lipinski definition) is 1. The van der Waals surface area contributed by atoms with Gasteiger partial charge in [-0.1, -0.05) is 18.2 Å². The van der Waals surface area contributed by atoms with Crippen LogP contribution in [0.3, 0.4) is 0 Å². The number of aryl methyl sites for hydroxylation is 1. The first-order valence-corrected chi connectivity index (χ1v) is 10.2. The summed E-state index contributed by atoms with van der Waals surface area (Å²) in [6.07, 6.45) is -4.51. The van der Waals surface area contributed by atoms with Gasteiger partial charge in [0, 0.05) is 11.3 Å². The van der Waals surface area contributed by atoms with Crippen LogP contribution in [0.15, 0.2) is 60.7 Å². The van der Waals surface area contributed by atoms with Gasteiger partial charge in [-0.2, -0.15) is 13.2 Å². The molecule has 3 aromatic carbocycles. The fraction of sp³-hybridized carbons (Fsp3) is 0.200. The van der Waals surface area contributed by atoms with Gasteiger partial charge in [-0.25, -0.2) is 0 Å². The lowest BCUT2D eigenvalue weighted by molar-refractivity contribution is -0.138. The molecule has 8 heteroatoms. The number of hydrogen-bond acceptors (Lipinski definition) is 3. The number of alkyl halides is 3. The van der Waals surface area contributed by atoms with Crippen molar-refractivity contribution >= 4 is 17.6 Å². The second-order valence-electron chi connectivity index (χ2n) is 7.83. The van der Waals surface area contributed by atoms with Crippen LogP contribution in [-0.2, 0) is 30.5 Å². The van der Waals surface area contributed by atoms with Crippen LogP contribution < -0.4 is 9.64 Å². The van der Waals surface area contributed by atoms with Crippen LogP contribution in [0.25, 0.3) is 0 Å². The number of carboxylic acid groups (broad SMARTS) is 1. The molecule has 0 saturated heterocycles. The van der Waals surface area contributed by atoms with E-state index in [1.165, 1.54) is 17.0 Å². The minimum Gasteiger partial charge on any atom is -0.489 e. The number of halogens is 3. The molecule has 3 aromatic rings. The maximum absolute atomic E-state index is 12.9. The molecule has 4 rings (SSSR count). The Labute approximate surface area is 188 Å². The number of carboxylic acids is 1. The Bertz CT molecular complexity index is 1220. The highest BCUT2D eigenvalue weighted by Gasteiger charge is 2.33. The first-order valence-electron chi connectivity index (χ1n) is 10.2. The third-order valence-corrected chi connectivity index (χ3v) is 5.62. The maximum Gasteiger partial charge on any atom is 0.416 e. The Morgan fingerprint density at radius 3 is 2.42 bits per heavy atom. The molecule has 0 radical (unpaired) electrons. The lowest BCUT2D eigenvalue weighted by Gasteiger charge is -2.17. The lowest BCUT2D eigenvalue weighted by Crippen LogP contribution is -2.23. The van der Waals surface area contributed by atoms with E-state index in [1.807, 2.05) is 13.0 Å². The summed E-state index contributed by atoms with van der Waals surface area (Å²) in [6, 6.07) is 15.0. The van der Waals surface area contributed by atoms with Crippen molar-refractivity contribution < 1.29 is 32.6 Å². The highest BCUT2D eigenvalue weighted by molar-refractivity contribution is 6.10. The van der Waals surface area contributed by atoms with Gasteiger partial charge in [0.1, 0.15) is 12.4 Å². The summed E-state index contributed by atoms with van der Waals surface area (Å²) in [5.41, 5.74) is 3.17. The first kappa shape index (κ1) is 22.4. The molecule has 0 bridgehead atoms. The SMILES string of the molecule is Cc1cc(OCc2cccc3c2CN(c2ccc(C(F)(F)F)cc2)C3=O)ccc1CC(=O)O. The highest BCUT2D eigenvalue weighted by Crippen LogP contribution is 2.34. The Hall–Kier alpha value is -3.81. The molecule has 1 amide bonds. The Balaban J connectivity index is 1.51. The van der Waals surface area contributed by atoms with Crippen molar-refractivity contribution in [3.05, 3.63) is 94.0 Å². The second kappa shape index (κ2) is 8.61. The van der Waals surface area contributed by atoms with Gasteiger partial charge < -0.3 is 14.7 Å². The number of benzene rings is 3. The third kappa shape index (κ3) is 4.69. The van der Waals surface area contributed by atoms with Gasteiger partial charge in [-0.05, 0) is 71.6 Å². The van der Waals surface area contributed by atoms with Gasteiger partial charge in [-0.15, -0.1) is 0 Å². The van der Waals surface area contributed by atoms with E-state index in [4.69, 9.17) is 9.84 Å². The van der Waals surface area contributed by atoms with Crippen LogP contribution in [-0.4, -0.2) is 17.0 Å². The largest absolute Gasteiger partial charge is 0.489 e. The molecule has 0 aliphatic carbocycles. The highest BCUT2D eigenvalue weighted by atomic mass is 19.4. The van der Waals surface area contributed by atoms with Gasteiger partial charge in [0.25, 0.3) is 5.91 Å². The Morgan fingerprint density at radius 1 is 1.06 bits per heavy atom. The van der Waals surface area contributed by atoms with Crippen LogP contribution in [0.4, 0.5) is 18.9 Å². The molecule has 170 valence electrons. The van der Waals surface area contributed by atoms with E-state index in [-0.39, 0.29) is 25.5 Å². The van der Waals surface area contributed by atoms with Crippen LogP contribution in [0.5, 0.6) is 5.75 Å². The Kier molecular flexibility index (Phi) is 5.84. The number of amides is 1. The van der Waals surface area contributed by atoms with Crippen molar-refractivity contribution in [2.45, 2.75) is 32.7 Å². The van der Waals surface area contributed by atoms with E-state index in [2.05, 4.69) is 0 Å². The number of rotatable bonds is 6. The number of nitrogens with zero attached hydrogens (tertiary/aromatic N) is 1. The van der Waals surface area contributed by atoms with E-state index in [9.17, 15) is 22.8 Å². The molecule has 0 fully saturated rings. The number of ether oxygens (including phenoxy) is 1. The third-order valence-electron chi connectivity index (χ3n) is 5.62. The van der Waals surface area contributed by atoms with Crippen LogP contribution in [0.2, 0.25) is 0 Å². The van der Waals surface area contributed by atoms with Gasteiger partial charge >= 0.3 is 12.1 Å². The minimum atomic E-state index is -4.44. The van der Waals surface area contributed by atoms with E-state index < -0.39 is 17.7 Å². The molecule has 33 heavy (non-hydrogen) atoms.